The topological polar surface area (TPSA) is 61.9 Å². The largest absolute Gasteiger partial charge is 0.447 e. The monoisotopic (exact) mass is 443 g/mol. The lowest BCUT2D eigenvalue weighted by molar-refractivity contribution is 0.0778. The van der Waals surface area contributed by atoms with E-state index in [1.165, 1.54) is 11.0 Å². The minimum absolute atomic E-state index is 0.331. The number of hydrogen-bond donors (Lipinski definition) is 1. The average molecular weight is 443 g/mol. The highest BCUT2D eigenvalue weighted by molar-refractivity contribution is 5.96. The van der Waals surface area contributed by atoms with Gasteiger partial charge in [0.1, 0.15) is 6.61 Å². The van der Waals surface area contributed by atoms with Crippen molar-refractivity contribution in [1.29, 1.82) is 0 Å². The molecular weight excluding hydrogens is 416 g/mol. The first kappa shape index (κ1) is 22.2. The van der Waals surface area contributed by atoms with Gasteiger partial charge in [0.2, 0.25) is 0 Å². The molecular formula is C24H27F2N3O3. The maximum atomic E-state index is 14.0. The standard InChI is InChI=1S/C24H27F2N3O3/c1-24(2,28-11-3-4-12-28)21(17-7-10-19(25)20(26)15-17)27-22(30)16-5-8-18(9-6-16)29-13-14-32-23(29)31/h5-10,15,21H,3-4,11-14H2,1-2H3,(H,27,30)/t21-/m1/s1. The Balaban J connectivity index is 1.59. The van der Waals surface area contributed by atoms with Crippen LogP contribution in [0.5, 0.6) is 0 Å². The molecule has 1 atom stereocenters. The van der Waals surface area contributed by atoms with Crippen LogP contribution in [-0.2, 0) is 4.74 Å². The molecule has 2 aliphatic heterocycles. The highest BCUT2D eigenvalue weighted by Gasteiger charge is 2.39. The second kappa shape index (κ2) is 8.86. The first-order valence-corrected chi connectivity index (χ1v) is 10.8. The molecule has 0 saturated carbocycles. The van der Waals surface area contributed by atoms with Crippen LogP contribution in [0.1, 0.15) is 48.7 Å². The molecule has 2 aromatic rings. The van der Waals surface area contributed by atoms with E-state index in [9.17, 15) is 18.4 Å². The molecule has 6 nitrogen and oxygen atoms in total. The van der Waals surface area contributed by atoms with Gasteiger partial charge in [-0.1, -0.05) is 6.07 Å². The lowest BCUT2D eigenvalue weighted by Gasteiger charge is -2.42. The van der Waals surface area contributed by atoms with Crippen LogP contribution in [-0.4, -0.2) is 48.7 Å². The van der Waals surface area contributed by atoms with Crippen molar-refractivity contribution in [2.45, 2.75) is 38.3 Å². The van der Waals surface area contributed by atoms with Gasteiger partial charge in [0.15, 0.2) is 11.6 Å². The molecule has 2 saturated heterocycles. The Kier molecular flexibility index (Phi) is 6.15. The molecule has 0 bridgehead atoms. The molecule has 32 heavy (non-hydrogen) atoms. The van der Waals surface area contributed by atoms with Gasteiger partial charge in [-0.05, 0) is 81.7 Å². The Bertz CT molecular complexity index is 1000. The summed E-state index contributed by atoms with van der Waals surface area (Å²) < 4.78 is 32.6. The Labute approximate surface area is 186 Å². The van der Waals surface area contributed by atoms with Gasteiger partial charge in [0, 0.05) is 16.8 Å². The third kappa shape index (κ3) is 4.32. The van der Waals surface area contributed by atoms with E-state index in [4.69, 9.17) is 4.74 Å². The van der Waals surface area contributed by atoms with Crippen molar-refractivity contribution in [1.82, 2.24) is 10.2 Å². The number of carbonyl (C=O) groups excluding carboxylic acids is 2. The number of ether oxygens (including phenoxy) is 1. The van der Waals surface area contributed by atoms with Gasteiger partial charge in [0.05, 0.1) is 12.6 Å². The van der Waals surface area contributed by atoms with Crippen LogP contribution in [0.15, 0.2) is 42.5 Å². The molecule has 170 valence electrons. The molecule has 0 radical (unpaired) electrons. The summed E-state index contributed by atoms with van der Waals surface area (Å²) in [5.41, 5.74) is 1.05. The number of nitrogens with zero attached hydrogens (tertiary/aromatic N) is 2. The smallest absolute Gasteiger partial charge is 0.414 e. The van der Waals surface area contributed by atoms with E-state index in [0.29, 0.717) is 30.0 Å². The van der Waals surface area contributed by atoms with Gasteiger partial charge >= 0.3 is 6.09 Å². The van der Waals surface area contributed by atoms with Crippen molar-refractivity contribution in [3.05, 3.63) is 65.2 Å². The number of anilines is 1. The Morgan fingerprint density at radius 1 is 1.03 bits per heavy atom. The molecule has 0 aliphatic carbocycles. The summed E-state index contributed by atoms with van der Waals surface area (Å²) in [6.45, 7) is 6.57. The number of halogens is 2. The van der Waals surface area contributed by atoms with E-state index in [0.717, 1.165) is 38.1 Å². The minimum Gasteiger partial charge on any atom is -0.447 e. The molecule has 8 heteroatoms. The molecule has 0 unspecified atom stereocenters. The number of benzene rings is 2. The van der Waals surface area contributed by atoms with E-state index in [2.05, 4.69) is 10.2 Å². The van der Waals surface area contributed by atoms with Crippen molar-refractivity contribution >= 4 is 17.7 Å². The summed E-state index contributed by atoms with van der Waals surface area (Å²) in [6, 6.07) is 9.87. The molecule has 2 aromatic carbocycles. The van der Waals surface area contributed by atoms with Crippen LogP contribution < -0.4 is 10.2 Å². The minimum atomic E-state index is -0.944. The molecule has 2 amide bonds. The van der Waals surface area contributed by atoms with E-state index in [-0.39, 0.29) is 5.91 Å². The highest BCUT2D eigenvalue weighted by Crippen LogP contribution is 2.34. The molecule has 0 spiro atoms. The quantitative estimate of drug-likeness (QED) is 0.725. The van der Waals surface area contributed by atoms with Crippen molar-refractivity contribution in [2.75, 3.05) is 31.1 Å². The molecule has 2 aliphatic rings. The lowest BCUT2D eigenvalue weighted by atomic mass is 9.86. The highest BCUT2D eigenvalue weighted by atomic mass is 19.2. The Morgan fingerprint density at radius 2 is 1.72 bits per heavy atom. The number of rotatable bonds is 6. The fourth-order valence-electron chi connectivity index (χ4n) is 4.47. The predicted octanol–water partition coefficient (Wildman–Crippen LogP) is 4.27. The van der Waals surface area contributed by atoms with E-state index in [1.54, 1.807) is 24.3 Å². The molecule has 2 heterocycles. The van der Waals surface area contributed by atoms with Gasteiger partial charge in [-0.2, -0.15) is 0 Å². The predicted molar refractivity (Wildman–Crippen MR) is 117 cm³/mol. The third-order valence-electron chi connectivity index (χ3n) is 6.38. The van der Waals surface area contributed by atoms with Crippen molar-refractivity contribution in [2.24, 2.45) is 0 Å². The van der Waals surface area contributed by atoms with Crippen LogP contribution >= 0.6 is 0 Å². The fourth-order valence-corrected chi connectivity index (χ4v) is 4.47. The molecule has 1 N–H and O–H groups in total. The second-order valence-corrected chi connectivity index (χ2v) is 8.74. The summed E-state index contributed by atoms with van der Waals surface area (Å²) in [5.74, 6) is -2.20. The zero-order valence-corrected chi connectivity index (χ0v) is 18.2. The van der Waals surface area contributed by atoms with Crippen LogP contribution in [0.25, 0.3) is 0 Å². The molecule has 4 rings (SSSR count). The summed E-state index contributed by atoms with van der Waals surface area (Å²) in [4.78, 5) is 28.6. The number of carbonyl (C=O) groups is 2. The Hall–Kier alpha value is -3.00. The second-order valence-electron chi connectivity index (χ2n) is 8.74. The average Bonchev–Trinajstić information content (AvgIpc) is 3.46. The molecule has 0 aromatic heterocycles. The maximum absolute atomic E-state index is 14.0. The van der Waals surface area contributed by atoms with Crippen molar-refractivity contribution in [3.8, 4) is 0 Å². The summed E-state index contributed by atoms with van der Waals surface area (Å²) in [6.07, 6.45) is 1.71. The van der Waals surface area contributed by atoms with Gasteiger partial charge in [-0.25, -0.2) is 13.6 Å². The third-order valence-corrected chi connectivity index (χ3v) is 6.38. The van der Waals surface area contributed by atoms with E-state index >= 15 is 0 Å². The van der Waals surface area contributed by atoms with Crippen LogP contribution in [0.2, 0.25) is 0 Å². The summed E-state index contributed by atoms with van der Waals surface area (Å²) in [5, 5.41) is 3.04. The van der Waals surface area contributed by atoms with E-state index in [1.807, 2.05) is 13.8 Å². The maximum Gasteiger partial charge on any atom is 0.414 e. The van der Waals surface area contributed by atoms with Gasteiger partial charge in [0.25, 0.3) is 5.91 Å². The number of likely N-dealkylation sites (tertiary alicyclic amines) is 1. The SMILES string of the molecule is CC(C)([C@H](NC(=O)c1ccc(N2CCOC2=O)cc1)c1ccc(F)c(F)c1)N1CCCC1. The first-order valence-electron chi connectivity index (χ1n) is 10.8. The first-order chi connectivity index (χ1) is 15.3. The number of hydrogen-bond acceptors (Lipinski definition) is 4. The van der Waals surface area contributed by atoms with Crippen LogP contribution in [0.4, 0.5) is 19.3 Å². The van der Waals surface area contributed by atoms with Crippen LogP contribution in [0, 0.1) is 11.6 Å². The summed E-state index contributed by atoms with van der Waals surface area (Å²) >= 11 is 0. The number of nitrogens with one attached hydrogen (secondary N) is 1. The Morgan fingerprint density at radius 3 is 2.31 bits per heavy atom. The lowest BCUT2D eigenvalue weighted by Crippen LogP contribution is -2.52. The number of cyclic esters (lactones) is 1. The fraction of sp³-hybridized carbons (Fsp3) is 0.417. The van der Waals surface area contributed by atoms with Gasteiger partial charge < -0.3 is 10.1 Å². The molecule has 2 fully saturated rings. The van der Waals surface area contributed by atoms with Gasteiger partial charge in [-0.3, -0.25) is 14.6 Å². The number of amides is 2. The zero-order valence-electron chi connectivity index (χ0n) is 18.2. The zero-order chi connectivity index (χ0) is 22.9. The van der Waals surface area contributed by atoms with Crippen LogP contribution in [0.3, 0.4) is 0 Å². The van der Waals surface area contributed by atoms with Crippen molar-refractivity contribution < 1.29 is 23.1 Å². The normalized spacial score (nSPS) is 18.0. The van der Waals surface area contributed by atoms with Crippen molar-refractivity contribution in [3.63, 3.8) is 0 Å². The van der Waals surface area contributed by atoms with E-state index < -0.39 is 29.3 Å². The summed E-state index contributed by atoms with van der Waals surface area (Å²) in [7, 11) is 0. The van der Waals surface area contributed by atoms with Gasteiger partial charge in [-0.15, -0.1) is 0 Å².